The second-order valence-corrected chi connectivity index (χ2v) is 4.89. The number of rotatable bonds is 4. The molecule has 0 aliphatic heterocycles. The van der Waals surface area contributed by atoms with Gasteiger partial charge in [0.15, 0.2) is 0 Å². The minimum atomic E-state index is 0.455. The van der Waals surface area contributed by atoms with E-state index in [1.54, 1.807) is 7.11 Å². The molecule has 1 saturated carbocycles. The predicted molar refractivity (Wildman–Crippen MR) is 68.3 cm³/mol. The van der Waals surface area contributed by atoms with Gasteiger partial charge in [0.25, 0.3) is 0 Å². The third-order valence-electron chi connectivity index (χ3n) is 3.58. The Bertz CT molecular complexity index is 367. The Balaban J connectivity index is 1.82. The average Bonchev–Trinajstić information content (AvgIpc) is 2.37. The highest BCUT2D eigenvalue weighted by atomic mass is 16.5. The minimum Gasteiger partial charge on any atom is -0.497 e. The van der Waals surface area contributed by atoms with Crippen LogP contribution in [0, 0.1) is 5.92 Å². The van der Waals surface area contributed by atoms with Gasteiger partial charge < -0.3 is 4.74 Å². The number of aryl methyl sites for hydroxylation is 1. The molecule has 1 aliphatic carbocycles. The molecule has 2 heteroatoms. The molecule has 0 unspecified atom stereocenters. The molecule has 17 heavy (non-hydrogen) atoms. The second kappa shape index (κ2) is 5.85. The van der Waals surface area contributed by atoms with Crippen LogP contribution in [0.4, 0.5) is 0 Å². The van der Waals surface area contributed by atoms with E-state index in [-0.39, 0.29) is 0 Å². The maximum Gasteiger partial charge on any atom is 0.133 e. The zero-order valence-corrected chi connectivity index (χ0v) is 10.4. The number of hydrogen-bond donors (Lipinski definition) is 0. The summed E-state index contributed by atoms with van der Waals surface area (Å²) in [6.45, 7) is 0. The summed E-state index contributed by atoms with van der Waals surface area (Å²) in [7, 11) is 1.68. The van der Waals surface area contributed by atoms with Crippen molar-refractivity contribution in [1.29, 1.82) is 0 Å². The summed E-state index contributed by atoms with van der Waals surface area (Å²) in [6.07, 6.45) is 6.13. The lowest BCUT2D eigenvalue weighted by atomic mass is 9.84. The Labute approximate surface area is 103 Å². The van der Waals surface area contributed by atoms with Gasteiger partial charge >= 0.3 is 0 Å². The van der Waals surface area contributed by atoms with Crippen LogP contribution in [0.2, 0.25) is 0 Å². The molecule has 0 radical (unpaired) electrons. The molecular weight excluding hydrogens is 212 g/mol. The molecule has 92 valence electrons. The quantitative estimate of drug-likeness (QED) is 0.795. The maximum absolute atomic E-state index is 11.4. The Morgan fingerprint density at radius 2 is 2.06 bits per heavy atom. The average molecular weight is 232 g/mol. The summed E-state index contributed by atoms with van der Waals surface area (Å²) >= 11 is 0. The van der Waals surface area contributed by atoms with E-state index in [1.165, 1.54) is 12.0 Å². The summed E-state index contributed by atoms with van der Waals surface area (Å²) in [5, 5.41) is 0. The van der Waals surface area contributed by atoms with Gasteiger partial charge in [0.05, 0.1) is 7.11 Å². The van der Waals surface area contributed by atoms with Crippen LogP contribution in [0.15, 0.2) is 24.3 Å². The smallest absolute Gasteiger partial charge is 0.133 e. The first-order chi connectivity index (χ1) is 8.28. The van der Waals surface area contributed by atoms with E-state index in [2.05, 4.69) is 12.1 Å². The fourth-order valence-electron chi connectivity index (χ4n) is 2.52. The summed E-state index contributed by atoms with van der Waals surface area (Å²) in [5.74, 6) is 1.97. The molecule has 0 spiro atoms. The van der Waals surface area contributed by atoms with Crippen molar-refractivity contribution in [2.75, 3.05) is 7.11 Å². The van der Waals surface area contributed by atoms with Gasteiger partial charge in [-0.15, -0.1) is 0 Å². The van der Waals surface area contributed by atoms with Crippen molar-refractivity contribution in [3.63, 3.8) is 0 Å². The normalized spacial score (nSPS) is 20.3. The summed E-state index contributed by atoms with van der Waals surface area (Å²) in [6, 6.07) is 8.23. The molecule has 1 aromatic carbocycles. The standard InChI is InChI=1S/C15H20O2/c1-17-15-9-7-12(8-10-15)5-6-13-3-2-4-14(16)11-13/h7-10,13H,2-6,11H2,1H3/t13-/m1/s1. The highest BCUT2D eigenvalue weighted by Gasteiger charge is 2.18. The molecule has 1 aliphatic rings. The van der Waals surface area contributed by atoms with E-state index in [4.69, 9.17) is 4.74 Å². The van der Waals surface area contributed by atoms with Crippen LogP contribution in [-0.2, 0) is 11.2 Å². The van der Waals surface area contributed by atoms with Crippen molar-refractivity contribution in [1.82, 2.24) is 0 Å². The maximum atomic E-state index is 11.4. The van der Waals surface area contributed by atoms with Gasteiger partial charge in [-0.3, -0.25) is 4.79 Å². The zero-order chi connectivity index (χ0) is 12.1. The Morgan fingerprint density at radius 1 is 1.29 bits per heavy atom. The molecule has 0 saturated heterocycles. The molecule has 2 rings (SSSR count). The summed E-state index contributed by atoms with van der Waals surface area (Å²) < 4.78 is 5.13. The van der Waals surface area contributed by atoms with Gasteiger partial charge in [0.2, 0.25) is 0 Å². The van der Waals surface area contributed by atoms with Crippen molar-refractivity contribution in [2.24, 2.45) is 5.92 Å². The van der Waals surface area contributed by atoms with Crippen LogP contribution in [-0.4, -0.2) is 12.9 Å². The van der Waals surface area contributed by atoms with Crippen molar-refractivity contribution >= 4 is 5.78 Å². The number of hydrogen-bond acceptors (Lipinski definition) is 2. The van der Waals surface area contributed by atoms with E-state index in [1.807, 2.05) is 12.1 Å². The van der Waals surface area contributed by atoms with E-state index < -0.39 is 0 Å². The molecule has 1 fully saturated rings. The monoisotopic (exact) mass is 232 g/mol. The zero-order valence-electron chi connectivity index (χ0n) is 10.4. The van der Waals surface area contributed by atoms with Gasteiger partial charge in [0, 0.05) is 12.8 Å². The fourth-order valence-corrected chi connectivity index (χ4v) is 2.52. The number of carbonyl (C=O) groups excluding carboxylic acids is 1. The first-order valence-corrected chi connectivity index (χ1v) is 6.42. The van der Waals surface area contributed by atoms with Crippen molar-refractivity contribution in [3.05, 3.63) is 29.8 Å². The summed E-state index contributed by atoms with van der Waals surface area (Å²) in [5.41, 5.74) is 1.34. The Hall–Kier alpha value is -1.31. The minimum absolute atomic E-state index is 0.455. The first kappa shape index (κ1) is 12.2. The van der Waals surface area contributed by atoms with E-state index in [0.29, 0.717) is 11.7 Å². The van der Waals surface area contributed by atoms with Crippen molar-refractivity contribution in [3.8, 4) is 5.75 Å². The SMILES string of the molecule is COc1ccc(CC[C@H]2CCCC(=O)C2)cc1. The van der Waals surface area contributed by atoms with Gasteiger partial charge in [0.1, 0.15) is 11.5 Å². The Morgan fingerprint density at radius 3 is 2.71 bits per heavy atom. The van der Waals surface area contributed by atoms with E-state index >= 15 is 0 Å². The number of ether oxygens (including phenoxy) is 1. The predicted octanol–water partition coefficient (Wildman–Crippen LogP) is 3.39. The van der Waals surface area contributed by atoms with Crippen LogP contribution < -0.4 is 4.74 Å². The van der Waals surface area contributed by atoms with Gasteiger partial charge in [-0.25, -0.2) is 0 Å². The van der Waals surface area contributed by atoms with E-state index in [9.17, 15) is 4.79 Å². The third-order valence-corrected chi connectivity index (χ3v) is 3.58. The Kier molecular flexibility index (Phi) is 4.18. The van der Waals surface area contributed by atoms with Crippen molar-refractivity contribution in [2.45, 2.75) is 38.5 Å². The van der Waals surface area contributed by atoms with Crippen LogP contribution in [0.1, 0.15) is 37.7 Å². The topological polar surface area (TPSA) is 26.3 Å². The number of ketones is 1. The van der Waals surface area contributed by atoms with Gasteiger partial charge in [-0.1, -0.05) is 12.1 Å². The summed E-state index contributed by atoms with van der Waals surface area (Å²) in [4.78, 5) is 11.4. The molecule has 0 N–H and O–H groups in total. The molecule has 0 aromatic heterocycles. The molecular formula is C15H20O2. The highest BCUT2D eigenvalue weighted by molar-refractivity contribution is 5.79. The van der Waals surface area contributed by atoms with Crippen LogP contribution in [0.5, 0.6) is 5.75 Å². The first-order valence-electron chi connectivity index (χ1n) is 6.42. The molecule has 0 heterocycles. The molecule has 1 aromatic rings. The lowest BCUT2D eigenvalue weighted by Crippen LogP contribution is -2.15. The largest absolute Gasteiger partial charge is 0.497 e. The molecule has 0 amide bonds. The van der Waals surface area contributed by atoms with Crippen LogP contribution in [0.25, 0.3) is 0 Å². The number of carbonyl (C=O) groups is 1. The van der Waals surface area contributed by atoms with Gasteiger partial charge in [-0.05, 0) is 49.3 Å². The van der Waals surface area contributed by atoms with Gasteiger partial charge in [-0.2, -0.15) is 0 Å². The molecule has 1 atom stereocenters. The van der Waals surface area contributed by atoms with Crippen LogP contribution in [0.3, 0.4) is 0 Å². The molecule has 0 bridgehead atoms. The number of Topliss-reactive ketones (excluding diaryl/α,β-unsaturated/α-hetero) is 1. The van der Waals surface area contributed by atoms with Crippen molar-refractivity contribution < 1.29 is 9.53 Å². The van der Waals surface area contributed by atoms with Crippen LogP contribution >= 0.6 is 0 Å². The highest BCUT2D eigenvalue weighted by Crippen LogP contribution is 2.25. The van der Waals surface area contributed by atoms with E-state index in [0.717, 1.165) is 37.9 Å². The lowest BCUT2D eigenvalue weighted by molar-refractivity contribution is -0.121. The fraction of sp³-hybridized carbons (Fsp3) is 0.533. The second-order valence-electron chi connectivity index (χ2n) is 4.89. The molecule has 2 nitrogen and oxygen atoms in total. The lowest BCUT2D eigenvalue weighted by Gasteiger charge is -2.20. The third kappa shape index (κ3) is 3.58. The number of benzene rings is 1. The number of methoxy groups -OCH3 is 1.